The summed E-state index contributed by atoms with van der Waals surface area (Å²) in [4.78, 5) is 28.3. The summed E-state index contributed by atoms with van der Waals surface area (Å²) >= 11 is 0. The standard InChI is InChI=1S/C28H33N3O4/c1-16(2)13-24-22(14-30-28(33)34)25(20-11-9-17(3)10-12-20)23(19(5)31-24)15-35-26-18(4)7-6-8-21(26)27(29)32/h6-12,16,30H,13-15H2,1-5H3,(H2,29,32)(H,33,34). The molecule has 35 heavy (non-hydrogen) atoms. The molecule has 0 spiro atoms. The number of primary amides is 1. The molecule has 0 aliphatic heterocycles. The number of hydrogen-bond donors (Lipinski definition) is 3. The van der Waals surface area contributed by atoms with E-state index in [1.165, 1.54) is 0 Å². The molecule has 2 aromatic carbocycles. The quantitative estimate of drug-likeness (QED) is 0.388. The number of nitrogens with one attached hydrogen (secondary N) is 1. The van der Waals surface area contributed by atoms with E-state index in [0.717, 1.165) is 44.8 Å². The molecule has 2 amide bonds. The first-order valence-corrected chi connectivity index (χ1v) is 11.7. The van der Waals surface area contributed by atoms with E-state index in [9.17, 15) is 14.7 Å². The third kappa shape index (κ3) is 6.18. The highest BCUT2D eigenvalue weighted by atomic mass is 16.5. The summed E-state index contributed by atoms with van der Waals surface area (Å²) in [6.45, 7) is 10.3. The van der Waals surface area contributed by atoms with Gasteiger partial charge in [-0.2, -0.15) is 0 Å². The molecule has 3 aromatic rings. The zero-order valence-corrected chi connectivity index (χ0v) is 20.9. The van der Waals surface area contributed by atoms with Gasteiger partial charge in [-0.05, 0) is 55.9 Å². The first-order valence-electron chi connectivity index (χ1n) is 11.7. The Balaban J connectivity index is 2.20. The summed E-state index contributed by atoms with van der Waals surface area (Å²) in [6.07, 6.45) is -0.388. The number of rotatable bonds is 9. The molecule has 0 saturated heterocycles. The number of hydrogen-bond acceptors (Lipinski definition) is 4. The normalized spacial score (nSPS) is 10.9. The van der Waals surface area contributed by atoms with Crippen molar-refractivity contribution in [2.24, 2.45) is 11.7 Å². The molecule has 7 heteroatoms. The van der Waals surface area contributed by atoms with Gasteiger partial charge in [0.05, 0.1) is 5.56 Å². The van der Waals surface area contributed by atoms with E-state index in [4.69, 9.17) is 15.5 Å². The van der Waals surface area contributed by atoms with Crippen molar-refractivity contribution in [3.63, 3.8) is 0 Å². The molecule has 3 rings (SSSR count). The second-order valence-electron chi connectivity index (χ2n) is 9.20. The topological polar surface area (TPSA) is 115 Å². The minimum absolute atomic E-state index is 0.123. The van der Waals surface area contributed by atoms with Crippen LogP contribution in [0.1, 0.15) is 57.8 Å². The molecule has 0 bridgehead atoms. The Morgan fingerprint density at radius 2 is 1.74 bits per heavy atom. The number of carboxylic acid groups (broad SMARTS) is 1. The van der Waals surface area contributed by atoms with Crippen molar-refractivity contribution in [1.29, 1.82) is 0 Å². The number of carbonyl (C=O) groups excluding carboxylic acids is 1. The predicted molar refractivity (Wildman–Crippen MR) is 137 cm³/mol. The summed E-state index contributed by atoms with van der Waals surface area (Å²) in [5, 5.41) is 11.9. The first kappa shape index (κ1) is 25.7. The lowest BCUT2D eigenvalue weighted by atomic mass is 9.90. The van der Waals surface area contributed by atoms with Crippen LogP contribution in [-0.4, -0.2) is 22.1 Å². The first-order chi connectivity index (χ1) is 16.6. The van der Waals surface area contributed by atoms with E-state index in [2.05, 4.69) is 19.2 Å². The van der Waals surface area contributed by atoms with Crippen LogP contribution in [0.3, 0.4) is 0 Å². The summed E-state index contributed by atoms with van der Waals surface area (Å²) in [5.41, 5.74) is 13.0. The van der Waals surface area contributed by atoms with Gasteiger partial charge in [0.1, 0.15) is 12.4 Å². The average molecular weight is 476 g/mol. The molecule has 0 aliphatic rings. The monoisotopic (exact) mass is 475 g/mol. The molecule has 0 aliphatic carbocycles. The number of aromatic nitrogens is 1. The van der Waals surface area contributed by atoms with Crippen LogP contribution in [0.5, 0.6) is 5.75 Å². The number of pyridine rings is 1. The third-order valence-electron chi connectivity index (χ3n) is 5.89. The fraction of sp³-hybridized carbons (Fsp3) is 0.321. The summed E-state index contributed by atoms with van der Waals surface area (Å²) in [6, 6.07) is 13.4. The van der Waals surface area contributed by atoms with Crippen LogP contribution in [0.25, 0.3) is 11.1 Å². The maximum Gasteiger partial charge on any atom is 0.404 e. The molecule has 0 atom stereocenters. The Morgan fingerprint density at radius 1 is 1.06 bits per heavy atom. The lowest BCUT2D eigenvalue weighted by Crippen LogP contribution is -2.23. The van der Waals surface area contributed by atoms with Gasteiger partial charge in [-0.25, -0.2) is 4.79 Å². The molecular weight excluding hydrogens is 442 g/mol. The van der Waals surface area contributed by atoms with E-state index in [-0.39, 0.29) is 13.2 Å². The van der Waals surface area contributed by atoms with Crippen LogP contribution in [0, 0.1) is 26.7 Å². The Labute approximate surface area is 206 Å². The maximum atomic E-state index is 12.0. The van der Waals surface area contributed by atoms with Crippen molar-refractivity contribution < 1.29 is 19.4 Å². The number of para-hydroxylation sites is 1. The molecular formula is C28H33N3O4. The Bertz CT molecular complexity index is 1230. The van der Waals surface area contributed by atoms with Gasteiger partial charge in [-0.1, -0.05) is 55.8 Å². The number of nitrogens with zero attached hydrogens (tertiary/aromatic N) is 1. The lowest BCUT2D eigenvalue weighted by Gasteiger charge is -2.23. The Kier molecular flexibility index (Phi) is 8.12. The highest BCUT2D eigenvalue weighted by molar-refractivity contribution is 5.96. The van der Waals surface area contributed by atoms with Crippen molar-refractivity contribution >= 4 is 12.0 Å². The zero-order valence-electron chi connectivity index (χ0n) is 20.9. The van der Waals surface area contributed by atoms with Gasteiger partial charge >= 0.3 is 6.09 Å². The van der Waals surface area contributed by atoms with E-state index in [0.29, 0.717) is 23.7 Å². The summed E-state index contributed by atoms with van der Waals surface area (Å²) in [5.74, 6) is 0.213. The molecule has 4 N–H and O–H groups in total. The van der Waals surface area contributed by atoms with Crippen LogP contribution < -0.4 is 15.8 Å². The van der Waals surface area contributed by atoms with Crippen LogP contribution in [0.4, 0.5) is 4.79 Å². The zero-order chi connectivity index (χ0) is 25.7. The highest BCUT2D eigenvalue weighted by Gasteiger charge is 2.22. The second kappa shape index (κ2) is 11.0. The van der Waals surface area contributed by atoms with Crippen molar-refractivity contribution in [3.8, 4) is 16.9 Å². The SMILES string of the molecule is Cc1ccc(-c2c(COc3c(C)cccc3C(N)=O)c(C)nc(CC(C)C)c2CNC(=O)O)cc1. The molecule has 184 valence electrons. The van der Waals surface area contributed by atoms with Crippen LogP contribution in [0.15, 0.2) is 42.5 Å². The average Bonchev–Trinajstić information content (AvgIpc) is 2.78. The molecule has 0 fully saturated rings. The molecule has 7 nitrogen and oxygen atoms in total. The number of benzene rings is 2. The van der Waals surface area contributed by atoms with E-state index in [1.54, 1.807) is 12.1 Å². The predicted octanol–water partition coefficient (Wildman–Crippen LogP) is 5.32. The molecule has 1 heterocycles. The number of amides is 2. The van der Waals surface area contributed by atoms with E-state index < -0.39 is 12.0 Å². The van der Waals surface area contributed by atoms with Crippen molar-refractivity contribution in [3.05, 3.63) is 81.7 Å². The number of aryl methyl sites for hydroxylation is 3. The summed E-state index contributed by atoms with van der Waals surface area (Å²) in [7, 11) is 0. The number of ether oxygens (including phenoxy) is 1. The van der Waals surface area contributed by atoms with E-state index in [1.807, 2.05) is 51.1 Å². The van der Waals surface area contributed by atoms with Gasteiger partial charge in [0, 0.05) is 29.1 Å². The molecule has 0 unspecified atom stereocenters. The fourth-order valence-corrected chi connectivity index (χ4v) is 4.18. The largest absolute Gasteiger partial charge is 0.488 e. The van der Waals surface area contributed by atoms with Gasteiger partial charge in [0.25, 0.3) is 5.91 Å². The minimum Gasteiger partial charge on any atom is -0.488 e. The smallest absolute Gasteiger partial charge is 0.404 e. The highest BCUT2D eigenvalue weighted by Crippen LogP contribution is 2.34. The molecule has 0 radical (unpaired) electrons. The molecule has 1 aromatic heterocycles. The Morgan fingerprint density at radius 3 is 2.34 bits per heavy atom. The van der Waals surface area contributed by atoms with Crippen molar-refractivity contribution in [2.75, 3.05) is 0 Å². The third-order valence-corrected chi connectivity index (χ3v) is 5.89. The van der Waals surface area contributed by atoms with Crippen molar-refractivity contribution in [1.82, 2.24) is 10.3 Å². The van der Waals surface area contributed by atoms with Gasteiger partial charge in [0.2, 0.25) is 0 Å². The lowest BCUT2D eigenvalue weighted by molar-refractivity contribution is 0.0995. The van der Waals surface area contributed by atoms with Crippen molar-refractivity contribution in [2.45, 2.75) is 54.2 Å². The fourth-order valence-electron chi connectivity index (χ4n) is 4.18. The van der Waals surface area contributed by atoms with Crippen LogP contribution in [0.2, 0.25) is 0 Å². The molecule has 0 saturated carbocycles. The van der Waals surface area contributed by atoms with Gasteiger partial charge in [-0.3, -0.25) is 9.78 Å². The van der Waals surface area contributed by atoms with Crippen LogP contribution >= 0.6 is 0 Å². The summed E-state index contributed by atoms with van der Waals surface area (Å²) < 4.78 is 6.21. The maximum absolute atomic E-state index is 12.0. The minimum atomic E-state index is -1.10. The van der Waals surface area contributed by atoms with Gasteiger partial charge in [0.15, 0.2) is 0 Å². The van der Waals surface area contributed by atoms with E-state index >= 15 is 0 Å². The number of carbonyl (C=O) groups is 2. The van der Waals surface area contributed by atoms with Crippen LogP contribution in [-0.2, 0) is 19.6 Å². The second-order valence-corrected chi connectivity index (χ2v) is 9.20. The van der Waals surface area contributed by atoms with Gasteiger partial charge in [-0.15, -0.1) is 0 Å². The Hall–Kier alpha value is -3.87. The van der Waals surface area contributed by atoms with Gasteiger partial charge < -0.3 is 20.9 Å². The number of nitrogens with two attached hydrogens (primary N) is 1.